The van der Waals surface area contributed by atoms with E-state index in [1.807, 2.05) is 47.0 Å². The maximum Gasteiger partial charge on any atom is 0.332 e. The van der Waals surface area contributed by atoms with Gasteiger partial charge in [-0.15, -0.1) is 0 Å². The smallest absolute Gasteiger partial charge is 0.313 e. The number of aromatic nitrogens is 4. The highest BCUT2D eigenvalue weighted by Crippen LogP contribution is 2.30. The van der Waals surface area contributed by atoms with E-state index >= 15 is 0 Å². The lowest BCUT2D eigenvalue weighted by atomic mass is 9.95. The van der Waals surface area contributed by atoms with Crippen molar-refractivity contribution in [2.75, 3.05) is 0 Å². The Bertz CT molecular complexity index is 1250. The monoisotopic (exact) mass is 360 g/mol. The van der Waals surface area contributed by atoms with Gasteiger partial charge in [0, 0.05) is 14.1 Å². The molecular weight excluding hydrogens is 340 g/mol. The maximum atomic E-state index is 12.9. The molecule has 0 amide bonds. The molecule has 0 bridgehead atoms. The van der Waals surface area contributed by atoms with Crippen molar-refractivity contribution in [2.24, 2.45) is 14.1 Å². The second kappa shape index (κ2) is 6.39. The molecule has 2 aromatic heterocycles. The summed E-state index contributed by atoms with van der Waals surface area (Å²) in [6.45, 7) is 2.05. The molecule has 136 valence electrons. The Labute approximate surface area is 156 Å². The fourth-order valence-corrected chi connectivity index (χ4v) is 3.58. The number of nitrogens with zero attached hydrogens (tertiary/aromatic N) is 4. The van der Waals surface area contributed by atoms with Crippen molar-refractivity contribution in [1.29, 1.82) is 0 Å². The van der Waals surface area contributed by atoms with E-state index in [1.165, 1.54) is 11.6 Å². The first-order valence-electron chi connectivity index (χ1n) is 8.73. The highest BCUT2D eigenvalue weighted by Gasteiger charge is 2.23. The van der Waals surface area contributed by atoms with Crippen molar-refractivity contribution < 1.29 is 0 Å². The summed E-state index contributed by atoms with van der Waals surface area (Å²) in [4.78, 5) is 29.6. The Hall–Kier alpha value is -3.41. The third kappa shape index (κ3) is 2.61. The number of imidazole rings is 1. The van der Waals surface area contributed by atoms with Crippen molar-refractivity contribution in [3.05, 3.63) is 98.5 Å². The van der Waals surface area contributed by atoms with Crippen LogP contribution >= 0.6 is 0 Å². The van der Waals surface area contributed by atoms with Gasteiger partial charge in [0.05, 0.1) is 12.4 Å². The first-order chi connectivity index (χ1) is 13.0. The minimum atomic E-state index is -0.384. The van der Waals surface area contributed by atoms with Crippen LogP contribution in [0.25, 0.3) is 11.2 Å². The van der Waals surface area contributed by atoms with Gasteiger partial charge < -0.3 is 4.57 Å². The molecule has 0 aliphatic rings. The summed E-state index contributed by atoms with van der Waals surface area (Å²) >= 11 is 0. The van der Waals surface area contributed by atoms with Gasteiger partial charge in [-0.2, -0.15) is 0 Å². The topological polar surface area (TPSA) is 61.8 Å². The fraction of sp³-hybridized carbons (Fsp3) is 0.190. The third-order valence-corrected chi connectivity index (χ3v) is 5.05. The summed E-state index contributed by atoms with van der Waals surface area (Å²) in [5, 5.41) is 0. The van der Waals surface area contributed by atoms with Crippen LogP contribution in [0.3, 0.4) is 0 Å². The van der Waals surface area contributed by atoms with Gasteiger partial charge >= 0.3 is 5.69 Å². The number of rotatable bonds is 3. The minimum Gasteiger partial charge on any atom is -0.313 e. The molecule has 2 aromatic carbocycles. The van der Waals surface area contributed by atoms with Gasteiger partial charge in [-0.3, -0.25) is 13.9 Å². The van der Waals surface area contributed by atoms with Crippen molar-refractivity contribution in [1.82, 2.24) is 18.7 Å². The molecule has 0 spiro atoms. The van der Waals surface area contributed by atoms with Gasteiger partial charge in [-0.1, -0.05) is 54.6 Å². The second-order valence-corrected chi connectivity index (χ2v) is 6.70. The van der Waals surface area contributed by atoms with Crippen LogP contribution in [0, 0.1) is 6.92 Å². The van der Waals surface area contributed by atoms with Crippen LogP contribution in [-0.4, -0.2) is 18.7 Å². The summed E-state index contributed by atoms with van der Waals surface area (Å²) in [5.74, 6) is 0. The van der Waals surface area contributed by atoms with Crippen LogP contribution in [0.4, 0.5) is 0 Å². The fourth-order valence-electron chi connectivity index (χ4n) is 3.58. The van der Waals surface area contributed by atoms with Crippen molar-refractivity contribution in [2.45, 2.75) is 13.0 Å². The summed E-state index contributed by atoms with van der Waals surface area (Å²) in [6, 6.07) is 17.9. The van der Waals surface area contributed by atoms with E-state index in [0.29, 0.717) is 11.2 Å². The third-order valence-electron chi connectivity index (χ3n) is 5.05. The van der Waals surface area contributed by atoms with E-state index in [0.717, 1.165) is 21.3 Å². The molecule has 27 heavy (non-hydrogen) atoms. The molecule has 6 nitrogen and oxygen atoms in total. The SMILES string of the molecule is Cc1ccccc1[C@H](c1ccccc1)n1cnc2c1c(=O)n(C)c(=O)n2C. The summed E-state index contributed by atoms with van der Waals surface area (Å²) in [6.07, 6.45) is 1.65. The first kappa shape index (κ1) is 17.0. The molecule has 0 saturated carbocycles. The normalized spacial score (nSPS) is 12.4. The molecule has 2 heterocycles. The van der Waals surface area contributed by atoms with E-state index in [2.05, 4.69) is 24.0 Å². The van der Waals surface area contributed by atoms with Gasteiger partial charge in [0.15, 0.2) is 11.2 Å². The molecular formula is C21H20N4O2. The number of benzene rings is 2. The first-order valence-corrected chi connectivity index (χ1v) is 8.73. The van der Waals surface area contributed by atoms with E-state index in [1.54, 1.807) is 13.4 Å². The molecule has 0 aliphatic heterocycles. The van der Waals surface area contributed by atoms with Crippen molar-refractivity contribution in [3.63, 3.8) is 0 Å². The average Bonchev–Trinajstić information content (AvgIpc) is 3.12. The zero-order valence-electron chi connectivity index (χ0n) is 15.5. The second-order valence-electron chi connectivity index (χ2n) is 6.70. The number of aryl methyl sites for hydroxylation is 2. The minimum absolute atomic E-state index is 0.220. The Kier molecular flexibility index (Phi) is 4.03. The summed E-state index contributed by atoms with van der Waals surface area (Å²) < 4.78 is 4.41. The summed E-state index contributed by atoms with van der Waals surface area (Å²) in [5.41, 5.74) is 3.31. The molecule has 0 aliphatic carbocycles. The van der Waals surface area contributed by atoms with E-state index in [4.69, 9.17) is 0 Å². The van der Waals surface area contributed by atoms with E-state index in [-0.39, 0.29) is 17.3 Å². The lowest BCUT2D eigenvalue weighted by Gasteiger charge is -2.22. The molecule has 4 aromatic rings. The highest BCUT2D eigenvalue weighted by atomic mass is 16.2. The maximum absolute atomic E-state index is 12.9. The van der Waals surface area contributed by atoms with E-state index in [9.17, 15) is 9.59 Å². The molecule has 4 rings (SSSR count). The molecule has 0 unspecified atom stereocenters. The van der Waals surface area contributed by atoms with Crippen LogP contribution in [0.1, 0.15) is 22.7 Å². The van der Waals surface area contributed by atoms with Gasteiger partial charge in [0.1, 0.15) is 0 Å². The molecule has 0 N–H and O–H groups in total. The van der Waals surface area contributed by atoms with Crippen LogP contribution < -0.4 is 11.2 Å². The summed E-state index contributed by atoms with van der Waals surface area (Å²) in [7, 11) is 3.12. The molecule has 0 fully saturated rings. The number of hydrogen-bond donors (Lipinski definition) is 0. The van der Waals surface area contributed by atoms with Gasteiger partial charge in [0.25, 0.3) is 5.56 Å². The number of fused-ring (bicyclic) bond motifs is 1. The van der Waals surface area contributed by atoms with E-state index < -0.39 is 0 Å². The van der Waals surface area contributed by atoms with Gasteiger partial charge in [0.2, 0.25) is 0 Å². The zero-order valence-corrected chi connectivity index (χ0v) is 15.5. The Morgan fingerprint density at radius 2 is 1.56 bits per heavy atom. The van der Waals surface area contributed by atoms with Crippen LogP contribution in [-0.2, 0) is 14.1 Å². The Balaban J connectivity index is 2.10. The molecule has 1 atom stereocenters. The van der Waals surface area contributed by atoms with Gasteiger partial charge in [-0.05, 0) is 23.6 Å². The molecule has 0 saturated heterocycles. The van der Waals surface area contributed by atoms with Crippen LogP contribution in [0.2, 0.25) is 0 Å². The van der Waals surface area contributed by atoms with Crippen molar-refractivity contribution in [3.8, 4) is 0 Å². The predicted molar refractivity (Wildman–Crippen MR) is 105 cm³/mol. The van der Waals surface area contributed by atoms with Crippen LogP contribution in [0.15, 0.2) is 70.5 Å². The number of hydrogen-bond acceptors (Lipinski definition) is 3. The van der Waals surface area contributed by atoms with Crippen LogP contribution in [0.5, 0.6) is 0 Å². The Morgan fingerprint density at radius 3 is 2.26 bits per heavy atom. The molecule has 0 radical (unpaired) electrons. The standard InChI is InChI=1S/C21H20N4O2/c1-14-9-7-8-12-16(14)17(15-10-5-4-6-11-15)25-13-22-19-18(25)20(26)24(3)21(27)23(19)2/h4-13,17H,1-3H3/t17-/m0/s1. The molecule has 6 heteroatoms. The predicted octanol–water partition coefficient (Wildman–Crippen LogP) is 2.38. The average molecular weight is 360 g/mol. The zero-order chi connectivity index (χ0) is 19.1. The Morgan fingerprint density at radius 1 is 0.889 bits per heavy atom. The lowest BCUT2D eigenvalue weighted by Crippen LogP contribution is -2.37. The van der Waals surface area contributed by atoms with Crippen molar-refractivity contribution >= 4 is 11.2 Å². The lowest BCUT2D eigenvalue weighted by molar-refractivity contribution is 0.672. The quantitative estimate of drug-likeness (QED) is 0.564. The highest BCUT2D eigenvalue weighted by molar-refractivity contribution is 5.71. The largest absolute Gasteiger partial charge is 0.332 e. The van der Waals surface area contributed by atoms with Gasteiger partial charge in [-0.25, -0.2) is 9.78 Å².